The van der Waals surface area contributed by atoms with E-state index in [4.69, 9.17) is 4.37 Å². The summed E-state index contributed by atoms with van der Waals surface area (Å²) in [6.45, 7) is 4.45. The number of rotatable bonds is 5. The molecule has 7 heteroatoms. The van der Waals surface area contributed by atoms with Crippen molar-refractivity contribution in [1.82, 2.24) is 14.2 Å². The first-order valence-electron chi connectivity index (χ1n) is 12.9. The fourth-order valence-corrected chi connectivity index (χ4v) is 7.04. The highest BCUT2D eigenvalue weighted by Gasteiger charge is 2.40. The number of carbonyl (C=O) groups excluding carboxylic acids is 2. The number of benzene rings is 2. The van der Waals surface area contributed by atoms with Gasteiger partial charge >= 0.3 is 0 Å². The van der Waals surface area contributed by atoms with Gasteiger partial charge in [-0.15, -0.1) is 0 Å². The van der Waals surface area contributed by atoms with E-state index >= 15 is 0 Å². The molecule has 1 saturated heterocycles. The first kappa shape index (κ1) is 22.5. The highest BCUT2D eigenvalue weighted by atomic mass is 32.1. The molecule has 1 saturated carbocycles. The SMILES string of the molecule is O=C(CC1(CN2Cc3ccccc3C2=O)CCCCC1)N1CCN(c2nsc3ccccc23)CC1. The maximum Gasteiger partial charge on any atom is 0.254 e. The molecule has 1 aliphatic carbocycles. The lowest BCUT2D eigenvalue weighted by Crippen LogP contribution is -2.51. The molecule has 0 bridgehead atoms. The molecule has 182 valence electrons. The summed E-state index contributed by atoms with van der Waals surface area (Å²) in [6.07, 6.45) is 6.13. The number of hydrogen-bond donors (Lipinski definition) is 0. The van der Waals surface area contributed by atoms with Crippen LogP contribution in [0.25, 0.3) is 10.1 Å². The second kappa shape index (κ2) is 9.26. The zero-order valence-corrected chi connectivity index (χ0v) is 20.9. The summed E-state index contributed by atoms with van der Waals surface area (Å²) in [4.78, 5) is 33.0. The molecule has 35 heavy (non-hydrogen) atoms. The Morgan fingerprint density at radius 2 is 1.69 bits per heavy atom. The molecule has 6 rings (SSSR count). The lowest BCUT2D eigenvalue weighted by molar-refractivity contribution is -0.135. The smallest absolute Gasteiger partial charge is 0.254 e. The highest BCUT2D eigenvalue weighted by Crippen LogP contribution is 2.42. The Morgan fingerprint density at radius 3 is 2.49 bits per heavy atom. The highest BCUT2D eigenvalue weighted by molar-refractivity contribution is 7.13. The topological polar surface area (TPSA) is 56.8 Å². The lowest BCUT2D eigenvalue weighted by atomic mass is 9.71. The summed E-state index contributed by atoms with van der Waals surface area (Å²) in [7, 11) is 0. The number of anilines is 1. The molecule has 0 atom stereocenters. The van der Waals surface area contributed by atoms with Gasteiger partial charge in [0.15, 0.2) is 0 Å². The molecular weight excluding hydrogens is 456 g/mol. The first-order chi connectivity index (χ1) is 17.1. The Hall–Kier alpha value is -2.93. The van der Waals surface area contributed by atoms with Gasteiger partial charge in [0, 0.05) is 56.6 Å². The molecular formula is C28H32N4O2S. The molecule has 0 radical (unpaired) electrons. The van der Waals surface area contributed by atoms with E-state index in [0.717, 1.165) is 68.8 Å². The standard InChI is InChI=1S/C28H32N4O2S/c33-25(30-14-16-31(17-15-30)26-23-10-4-5-11-24(23)35-29-26)18-28(12-6-1-7-13-28)20-32-19-21-8-2-3-9-22(21)27(32)34/h2-5,8-11H,1,6-7,12-20H2. The molecule has 2 amide bonds. The maximum atomic E-state index is 13.5. The van der Waals surface area contributed by atoms with E-state index in [-0.39, 0.29) is 17.2 Å². The largest absolute Gasteiger partial charge is 0.352 e. The lowest BCUT2D eigenvalue weighted by Gasteiger charge is -2.42. The summed E-state index contributed by atoms with van der Waals surface area (Å²) in [5, 5.41) is 1.20. The quantitative estimate of drug-likeness (QED) is 0.510. The maximum absolute atomic E-state index is 13.5. The van der Waals surface area contributed by atoms with Gasteiger partial charge in [-0.2, -0.15) is 4.37 Å². The van der Waals surface area contributed by atoms with Crippen molar-refractivity contribution in [1.29, 1.82) is 0 Å². The van der Waals surface area contributed by atoms with Crippen molar-refractivity contribution in [3.8, 4) is 0 Å². The van der Waals surface area contributed by atoms with Gasteiger partial charge in [-0.25, -0.2) is 0 Å². The third-order valence-corrected chi connectivity index (χ3v) is 8.97. The third-order valence-electron chi connectivity index (χ3n) is 8.15. The van der Waals surface area contributed by atoms with Crippen molar-refractivity contribution in [2.75, 3.05) is 37.6 Å². The molecule has 3 aromatic rings. The number of aromatic nitrogens is 1. The normalized spacial score (nSPS) is 19.9. The van der Waals surface area contributed by atoms with Crippen LogP contribution in [0, 0.1) is 5.41 Å². The van der Waals surface area contributed by atoms with E-state index in [1.165, 1.54) is 16.5 Å². The van der Waals surface area contributed by atoms with Crippen LogP contribution in [0.1, 0.15) is 54.4 Å². The number of nitrogens with zero attached hydrogens (tertiary/aromatic N) is 4. The first-order valence-corrected chi connectivity index (χ1v) is 13.6. The molecule has 0 N–H and O–H groups in total. The number of piperazine rings is 1. The van der Waals surface area contributed by atoms with Crippen LogP contribution >= 0.6 is 11.5 Å². The summed E-state index contributed by atoms with van der Waals surface area (Å²) in [5.41, 5.74) is 1.84. The van der Waals surface area contributed by atoms with E-state index in [0.29, 0.717) is 19.5 Å². The Labute approximate surface area is 210 Å². The zero-order valence-electron chi connectivity index (χ0n) is 20.1. The van der Waals surface area contributed by atoms with Crippen molar-refractivity contribution in [3.05, 3.63) is 59.7 Å². The van der Waals surface area contributed by atoms with Crippen LogP contribution in [0.2, 0.25) is 0 Å². The Morgan fingerprint density at radius 1 is 0.943 bits per heavy atom. The average Bonchev–Trinajstić information content (AvgIpc) is 3.46. The Kier molecular flexibility index (Phi) is 5.96. The number of fused-ring (bicyclic) bond motifs is 2. The van der Waals surface area contributed by atoms with Gasteiger partial charge in [-0.1, -0.05) is 49.6 Å². The van der Waals surface area contributed by atoms with Gasteiger partial charge in [-0.05, 0) is 53.6 Å². The van der Waals surface area contributed by atoms with E-state index in [2.05, 4.69) is 35.2 Å². The van der Waals surface area contributed by atoms with Crippen LogP contribution in [0.5, 0.6) is 0 Å². The molecule has 2 fully saturated rings. The average molecular weight is 489 g/mol. The molecule has 3 heterocycles. The van der Waals surface area contributed by atoms with Gasteiger partial charge in [0.05, 0.1) is 4.70 Å². The van der Waals surface area contributed by atoms with E-state index in [1.807, 2.05) is 28.0 Å². The second-order valence-electron chi connectivity index (χ2n) is 10.4. The Bertz CT molecular complexity index is 1240. The minimum atomic E-state index is -0.102. The predicted octanol–water partition coefficient (Wildman–Crippen LogP) is 4.94. The fourth-order valence-electron chi connectivity index (χ4n) is 6.24. The van der Waals surface area contributed by atoms with Gasteiger partial charge in [0.25, 0.3) is 5.91 Å². The number of hydrogen-bond acceptors (Lipinski definition) is 5. The summed E-state index contributed by atoms with van der Waals surface area (Å²) in [6, 6.07) is 16.3. The third kappa shape index (κ3) is 4.31. The molecule has 1 aromatic heterocycles. The van der Waals surface area contributed by atoms with Crippen molar-refractivity contribution >= 4 is 39.3 Å². The Balaban J connectivity index is 1.12. The summed E-state index contributed by atoms with van der Waals surface area (Å²) < 4.78 is 5.91. The monoisotopic (exact) mass is 488 g/mol. The minimum Gasteiger partial charge on any atom is -0.352 e. The van der Waals surface area contributed by atoms with Crippen LogP contribution in [-0.2, 0) is 11.3 Å². The van der Waals surface area contributed by atoms with Crippen molar-refractivity contribution in [2.45, 2.75) is 45.1 Å². The van der Waals surface area contributed by atoms with E-state index in [9.17, 15) is 9.59 Å². The second-order valence-corrected chi connectivity index (χ2v) is 11.2. The van der Waals surface area contributed by atoms with E-state index in [1.54, 1.807) is 11.5 Å². The van der Waals surface area contributed by atoms with Crippen molar-refractivity contribution in [2.24, 2.45) is 5.41 Å². The molecule has 3 aliphatic rings. The van der Waals surface area contributed by atoms with Gasteiger partial charge in [0.2, 0.25) is 5.91 Å². The predicted molar refractivity (Wildman–Crippen MR) is 140 cm³/mol. The fraction of sp³-hybridized carbons (Fsp3) is 0.464. The zero-order chi connectivity index (χ0) is 23.8. The minimum absolute atomic E-state index is 0.102. The molecule has 0 spiro atoms. The van der Waals surface area contributed by atoms with Gasteiger partial charge < -0.3 is 14.7 Å². The van der Waals surface area contributed by atoms with Crippen LogP contribution in [-0.4, -0.2) is 58.7 Å². The van der Waals surface area contributed by atoms with Crippen LogP contribution in [0.4, 0.5) is 5.82 Å². The van der Waals surface area contributed by atoms with Crippen molar-refractivity contribution in [3.63, 3.8) is 0 Å². The van der Waals surface area contributed by atoms with Gasteiger partial charge in [0.1, 0.15) is 5.82 Å². The van der Waals surface area contributed by atoms with Crippen molar-refractivity contribution < 1.29 is 9.59 Å². The number of carbonyl (C=O) groups is 2. The van der Waals surface area contributed by atoms with Crippen LogP contribution in [0.15, 0.2) is 48.5 Å². The number of amides is 2. The summed E-state index contributed by atoms with van der Waals surface area (Å²) >= 11 is 1.54. The summed E-state index contributed by atoms with van der Waals surface area (Å²) in [5.74, 6) is 1.43. The van der Waals surface area contributed by atoms with E-state index < -0.39 is 0 Å². The molecule has 6 nitrogen and oxygen atoms in total. The molecule has 2 aliphatic heterocycles. The molecule has 0 unspecified atom stereocenters. The van der Waals surface area contributed by atoms with Gasteiger partial charge in [-0.3, -0.25) is 9.59 Å². The molecule has 2 aromatic carbocycles. The van der Waals surface area contributed by atoms with Crippen LogP contribution in [0.3, 0.4) is 0 Å². The van der Waals surface area contributed by atoms with Crippen LogP contribution < -0.4 is 4.90 Å².